The molecule has 1 N–H and O–H groups in total. The van der Waals surface area contributed by atoms with Crippen molar-refractivity contribution in [3.05, 3.63) is 59.1 Å². The molecule has 0 atom stereocenters. The molecule has 3 aromatic rings. The number of carbonyl (C=O) groups excluding carboxylic acids is 1. The second-order valence-electron chi connectivity index (χ2n) is 5.09. The van der Waals surface area contributed by atoms with E-state index in [1.807, 2.05) is 43.3 Å². The van der Waals surface area contributed by atoms with Gasteiger partial charge in [0, 0.05) is 16.3 Å². The summed E-state index contributed by atoms with van der Waals surface area (Å²) in [5, 5.41) is 11.7. The van der Waals surface area contributed by atoms with Crippen LogP contribution in [0.3, 0.4) is 0 Å². The average Bonchev–Trinajstić information content (AvgIpc) is 3.02. The fourth-order valence-electron chi connectivity index (χ4n) is 2.05. The molecule has 122 valence electrons. The molecule has 1 heterocycles. The van der Waals surface area contributed by atoms with Crippen molar-refractivity contribution < 1.29 is 9.21 Å². The quantitative estimate of drug-likeness (QED) is 0.682. The van der Waals surface area contributed by atoms with E-state index in [1.54, 1.807) is 12.1 Å². The fraction of sp³-hybridized carbons (Fsp3) is 0.118. The summed E-state index contributed by atoms with van der Waals surface area (Å²) >= 11 is 7.13. The standard InChI is InChI=1S/C17H14ClN3O2S/c1-11-4-2-7-14(8-11)19-15(22)10-24-17-21-20-16(23-17)12-5-3-6-13(18)9-12/h2-9H,10H2,1H3,(H,19,22). The minimum atomic E-state index is -0.131. The Morgan fingerprint density at radius 2 is 2.04 bits per heavy atom. The lowest BCUT2D eigenvalue weighted by atomic mass is 10.2. The van der Waals surface area contributed by atoms with E-state index in [2.05, 4.69) is 15.5 Å². The molecule has 2 aromatic carbocycles. The number of nitrogens with one attached hydrogen (secondary N) is 1. The van der Waals surface area contributed by atoms with Crippen molar-refractivity contribution in [3.8, 4) is 11.5 Å². The number of halogens is 1. The molecule has 0 aliphatic carbocycles. The monoisotopic (exact) mass is 359 g/mol. The maximum absolute atomic E-state index is 12.0. The van der Waals surface area contributed by atoms with E-state index in [4.69, 9.17) is 16.0 Å². The fourth-order valence-corrected chi connectivity index (χ4v) is 2.81. The third-order valence-electron chi connectivity index (χ3n) is 3.11. The number of amides is 1. The predicted molar refractivity (Wildman–Crippen MR) is 95.3 cm³/mol. The van der Waals surface area contributed by atoms with E-state index in [0.717, 1.165) is 16.8 Å². The second-order valence-corrected chi connectivity index (χ2v) is 6.45. The molecule has 5 nitrogen and oxygen atoms in total. The summed E-state index contributed by atoms with van der Waals surface area (Å²) in [6, 6.07) is 14.8. The molecule has 0 aliphatic heterocycles. The first-order valence-electron chi connectivity index (χ1n) is 7.19. The van der Waals surface area contributed by atoms with E-state index in [0.29, 0.717) is 16.1 Å². The number of benzene rings is 2. The molecule has 0 saturated carbocycles. The van der Waals surface area contributed by atoms with E-state index >= 15 is 0 Å². The molecule has 3 rings (SSSR count). The molecular formula is C17H14ClN3O2S. The summed E-state index contributed by atoms with van der Waals surface area (Å²) < 4.78 is 5.55. The van der Waals surface area contributed by atoms with Crippen LogP contribution in [0.5, 0.6) is 0 Å². The summed E-state index contributed by atoms with van der Waals surface area (Å²) in [6.45, 7) is 1.97. The number of nitrogens with zero attached hydrogens (tertiary/aromatic N) is 2. The van der Waals surface area contributed by atoms with Gasteiger partial charge in [0.1, 0.15) is 0 Å². The van der Waals surface area contributed by atoms with Crippen LogP contribution in [0.4, 0.5) is 5.69 Å². The van der Waals surface area contributed by atoms with E-state index in [9.17, 15) is 4.79 Å². The van der Waals surface area contributed by atoms with Gasteiger partial charge in [-0.2, -0.15) is 0 Å². The first-order valence-corrected chi connectivity index (χ1v) is 8.55. The molecule has 1 aromatic heterocycles. The van der Waals surface area contributed by atoms with Crippen LogP contribution in [0, 0.1) is 6.92 Å². The number of anilines is 1. The number of carbonyl (C=O) groups is 1. The molecular weight excluding hydrogens is 346 g/mol. The molecule has 0 aliphatic rings. The predicted octanol–water partition coefficient (Wildman–Crippen LogP) is 4.43. The zero-order chi connectivity index (χ0) is 16.9. The van der Waals surface area contributed by atoms with Crippen molar-refractivity contribution >= 4 is 35.0 Å². The highest BCUT2D eigenvalue weighted by atomic mass is 35.5. The summed E-state index contributed by atoms with van der Waals surface area (Å²) in [7, 11) is 0. The lowest BCUT2D eigenvalue weighted by Crippen LogP contribution is -2.13. The summed E-state index contributed by atoms with van der Waals surface area (Å²) in [5.41, 5.74) is 2.60. The smallest absolute Gasteiger partial charge is 0.277 e. The first-order chi connectivity index (χ1) is 11.6. The van der Waals surface area contributed by atoms with Gasteiger partial charge >= 0.3 is 0 Å². The van der Waals surface area contributed by atoms with Crippen LogP contribution < -0.4 is 5.32 Å². The van der Waals surface area contributed by atoms with Crippen molar-refractivity contribution in [1.29, 1.82) is 0 Å². The van der Waals surface area contributed by atoms with Crippen molar-refractivity contribution in [2.45, 2.75) is 12.1 Å². The SMILES string of the molecule is Cc1cccc(NC(=O)CSc2nnc(-c3cccc(Cl)c3)o2)c1. The number of aromatic nitrogens is 2. The summed E-state index contributed by atoms with van der Waals surface area (Å²) in [5.74, 6) is 0.428. The van der Waals surface area contributed by atoms with Crippen molar-refractivity contribution in [2.75, 3.05) is 11.1 Å². The van der Waals surface area contributed by atoms with Gasteiger partial charge in [-0.05, 0) is 42.8 Å². The van der Waals surface area contributed by atoms with Crippen LogP contribution in [-0.2, 0) is 4.79 Å². The molecule has 0 spiro atoms. The minimum absolute atomic E-state index is 0.131. The maximum atomic E-state index is 12.0. The Bertz CT molecular complexity index is 866. The van der Waals surface area contributed by atoms with Crippen molar-refractivity contribution in [2.24, 2.45) is 0 Å². The van der Waals surface area contributed by atoms with Gasteiger partial charge in [0.2, 0.25) is 11.8 Å². The van der Waals surface area contributed by atoms with Gasteiger partial charge in [-0.15, -0.1) is 10.2 Å². The van der Waals surface area contributed by atoms with Crippen LogP contribution in [0.15, 0.2) is 58.2 Å². The molecule has 0 fully saturated rings. The lowest BCUT2D eigenvalue weighted by molar-refractivity contribution is -0.113. The van der Waals surface area contributed by atoms with Gasteiger partial charge in [-0.25, -0.2) is 0 Å². The van der Waals surface area contributed by atoms with Gasteiger partial charge in [0.05, 0.1) is 5.75 Å². The van der Waals surface area contributed by atoms with Crippen LogP contribution >= 0.6 is 23.4 Å². The number of thioether (sulfide) groups is 1. The molecule has 1 amide bonds. The number of aryl methyl sites for hydroxylation is 1. The highest BCUT2D eigenvalue weighted by molar-refractivity contribution is 7.99. The van der Waals surface area contributed by atoms with Crippen molar-refractivity contribution in [3.63, 3.8) is 0 Å². The van der Waals surface area contributed by atoms with E-state index in [1.165, 1.54) is 11.8 Å². The third kappa shape index (κ3) is 4.37. The van der Waals surface area contributed by atoms with Crippen LogP contribution in [-0.4, -0.2) is 21.9 Å². The first kappa shape index (κ1) is 16.5. The largest absolute Gasteiger partial charge is 0.411 e. The Balaban J connectivity index is 1.58. The zero-order valence-electron chi connectivity index (χ0n) is 12.8. The zero-order valence-corrected chi connectivity index (χ0v) is 14.4. The average molecular weight is 360 g/mol. The third-order valence-corrected chi connectivity index (χ3v) is 4.16. The van der Waals surface area contributed by atoms with Crippen LogP contribution in [0.2, 0.25) is 5.02 Å². The Hall–Kier alpha value is -2.31. The molecule has 0 bridgehead atoms. The molecule has 7 heteroatoms. The second kappa shape index (κ2) is 7.51. The van der Waals surface area contributed by atoms with E-state index in [-0.39, 0.29) is 11.7 Å². The topological polar surface area (TPSA) is 68.0 Å². The lowest BCUT2D eigenvalue weighted by Gasteiger charge is -2.04. The minimum Gasteiger partial charge on any atom is -0.411 e. The summed E-state index contributed by atoms with van der Waals surface area (Å²) in [6.07, 6.45) is 0. The number of rotatable bonds is 5. The van der Waals surface area contributed by atoms with Gasteiger partial charge in [-0.3, -0.25) is 4.79 Å². The van der Waals surface area contributed by atoms with Gasteiger partial charge in [0.25, 0.3) is 5.22 Å². The van der Waals surface area contributed by atoms with Crippen LogP contribution in [0.1, 0.15) is 5.56 Å². The molecule has 0 unspecified atom stereocenters. The number of hydrogen-bond acceptors (Lipinski definition) is 5. The van der Waals surface area contributed by atoms with Gasteiger partial charge in [0.15, 0.2) is 0 Å². The van der Waals surface area contributed by atoms with Crippen molar-refractivity contribution in [1.82, 2.24) is 10.2 Å². The normalized spacial score (nSPS) is 10.6. The van der Waals surface area contributed by atoms with Gasteiger partial charge in [-0.1, -0.05) is 41.6 Å². The number of hydrogen-bond donors (Lipinski definition) is 1. The van der Waals surface area contributed by atoms with E-state index < -0.39 is 0 Å². The maximum Gasteiger partial charge on any atom is 0.277 e. The van der Waals surface area contributed by atoms with Gasteiger partial charge < -0.3 is 9.73 Å². The Labute approximate surface area is 148 Å². The van der Waals surface area contributed by atoms with Crippen LogP contribution in [0.25, 0.3) is 11.5 Å². The highest BCUT2D eigenvalue weighted by Gasteiger charge is 2.11. The highest BCUT2D eigenvalue weighted by Crippen LogP contribution is 2.25. The Morgan fingerprint density at radius 3 is 2.83 bits per heavy atom. The molecule has 0 saturated heterocycles. The molecule has 24 heavy (non-hydrogen) atoms. The molecule has 0 radical (unpaired) electrons. The Kier molecular flexibility index (Phi) is 5.17. The summed E-state index contributed by atoms with van der Waals surface area (Å²) in [4.78, 5) is 12.0. The Morgan fingerprint density at radius 1 is 1.21 bits per heavy atom.